The van der Waals surface area contributed by atoms with Crippen LogP contribution < -0.4 is 4.52 Å². The fourth-order valence-corrected chi connectivity index (χ4v) is 5.37. The summed E-state index contributed by atoms with van der Waals surface area (Å²) in [5, 5.41) is 0.471. The van der Waals surface area contributed by atoms with E-state index in [4.69, 9.17) is 20.6 Å². The van der Waals surface area contributed by atoms with Crippen molar-refractivity contribution in [2.24, 2.45) is 0 Å². The van der Waals surface area contributed by atoms with Crippen LogP contribution in [0, 0.1) is 0 Å². The van der Waals surface area contributed by atoms with Crippen LogP contribution in [-0.4, -0.2) is 12.8 Å². The van der Waals surface area contributed by atoms with Gasteiger partial charge in [-0.15, -0.1) is 0 Å². The minimum Gasteiger partial charge on any atom is -0.423 e. The normalized spacial score (nSPS) is 13.3. The van der Waals surface area contributed by atoms with E-state index in [1.54, 1.807) is 12.1 Å². The Hall–Kier alpha value is -0.500. The highest BCUT2D eigenvalue weighted by Gasteiger charge is 2.26. The Morgan fingerprint density at radius 2 is 1.28 bits per heavy atom. The summed E-state index contributed by atoms with van der Waals surface area (Å²) in [5.74, 6) is 0.447. The molecule has 0 heterocycles. The van der Waals surface area contributed by atoms with Gasteiger partial charge in [-0.2, -0.15) is 0 Å². The Bertz CT molecular complexity index is 565. The average Bonchev–Trinajstić information content (AvgIpc) is 2.72. The molecule has 0 fully saturated rings. The molecule has 0 bridgehead atoms. The van der Waals surface area contributed by atoms with Crippen molar-refractivity contribution in [1.82, 2.24) is 0 Å². The molecule has 0 aliphatic rings. The summed E-state index contributed by atoms with van der Waals surface area (Å²) in [6, 6.07) is 7.15. The Morgan fingerprint density at radius 1 is 0.759 bits per heavy atom. The number of para-hydroxylation sites is 1. The molecule has 1 unspecified atom stereocenters. The second-order valence-electron chi connectivity index (χ2n) is 7.93. The average molecular weight is 445 g/mol. The molecule has 0 aromatic heterocycles. The minimum atomic E-state index is -3.15. The Balaban J connectivity index is 2.15. The number of rotatable bonds is 19. The number of benzene rings is 1. The summed E-state index contributed by atoms with van der Waals surface area (Å²) in [7, 11) is -3.15. The van der Waals surface area contributed by atoms with Crippen molar-refractivity contribution >= 4 is 19.2 Å². The number of unbranched alkanes of at least 4 members (excludes halogenated alkanes) is 12. The SMILES string of the molecule is CCCCCCCCCCCCCCOP(=O)(CCCC)Oc1ccccc1Cl. The van der Waals surface area contributed by atoms with Crippen LogP contribution in [0.3, 0.4) is 0 Å². The quantitative estimate of drug-likeness (QED) is 0.157. The molecule has 0 amide bonds. The summed E-state index contributed by atoms with van der Waals surface area (Å²) in [6.07, 6.45) is 17.8. The molecule has 1 rings (SSSR count). The molecule has 0 spiro atoms. The van der Waals surface area contributed by atoms with Crippen molar-refractivity contribution < 1.29 is 13.6 Å². The molecule has 0 saturated carbocycles. The van der Waals surface area contributed by atoms with Gasteiger partial charge in [0, 0.05) is 0 Å². The summed E-state index contributed by atoms with van der Waals surface area (Å²) < 4.78 is 24.6. The lowest BCUT2D eigenvalue weighted by atomic mass is 10.1. The van der Waals surface area contributed by atoms with E-state index in [1.165, 1.54) is 64.2 Å². The van der Waals surface area contributed by atoms with Gasteiger partial charge in [-0.25, -0.2) is 4.57 Å². The van der Waals surface area contributed by atoms with E-state index in [0.717, 1.165) is 25.7 Å². The lowest BCUT2D eigenvalue weighted by Crippen LogP contribution is -2.04. The topological polar surface area (TPSA) is 35.5 Å². The lowest BCUT2D eigenvalue weighted by molar-refractivity contribution is 0.257. The van der Waals surface area contributed by atoms with Gasteiger partial charge in [0.05, 0.1) is 17.8 Å². The minimum absolute atomic E-state index is 0.437. The van der Waals surface area contributed by atoms with Crippen LogP contribution in [-0.2, 0) is 9.09 Å². The molecule has 0 N–H and O–H groups in total. The van der Waals surface area contributed by atoms with Crippen molar-refractivity contribution in [2.75, 3.05) is 12.8 Å². The van der Waals surface area contributed by atoms with E-state index < -0.39 is 7.60 Å². The lowest BCUT2D eigenvalue weighted by Gasteiger charge is -2.20. The predicted molar refractivity (Wildman–Crippen MR) is 126 cm³/mol. The summed E-state index contributed by atoms with van der Waals surface area (Å²) in [5.41, 5.74) is 0. The van der Waals surface area contributed by atoms with Gasteiger partial charge < -0.3 is 4.52 Å². The van der Waals surface area contributed by atoms with Crippen LogP contribution in [0.25, 0.3) is 0 Å². The molecule has 3 nitrogen and oxygen atoms in total. The zero-order valence-electron chi connectivity index (χ0n) is 18.7. The number of hydrogen-bond acceptors (Lipinski definition) is 3. The van der Waals surface area contributed by atoms with Crippen LogP contribution in [0.5, 0.6) is 5.75 Å². The third kappa shape index (κ3) is 13.4. The van der Waals surface area contributed by atoms with E-state index in [2.05, 4.69) is 13.8 Å². The molecule has 0 saturated heterocycles. The van der Waals surface area contributed by atoms with Gasteiger partial charge >= 0.3 is 7.60 Å². The van der Waals surface area contributed by atoms with Gasteiger partial charge in [0.25, 0.3) is 0 Å². The standard InChI is InChI=1S/C24H42ClO3P/c1-3-5-7-8-9-10-11-12-13-14-15-18-21-27-29(26,22-6-4-2)28-24-20-17-16-19-23(24)25/h16-17,19-20H,3-15,18,21-22H2,1-2H3. The third-order valence-electron chi connectivity index (χ3n) is 5.15. The van der Waals surface area contributed by atoms with Crippen molar-refractivity contribution in [2.45, 2.75) is 104 Å². The Labute approximate surface area is 184 Å². The molecular formula is C24H42ClO3P. The predicted octanol–water partition coefficient (Wildman–Crippen LogP) is 9.43. The smallest absolute Gasteiger partial charge is 0.379 e. The van der Waals surface area contributed by atoms with Crippen LogP contribution in [0.1, 0.15) is 104 Å². The van der Waals surface area contributed by atoms with Gasteiger partial charge in [0.2, 0.25) is 0 Å². The van der Waals surface area contributed by atoms with Gasteiger partial charge in [0.1, 0.15) is 5.75 Å². The van der Waals surface area contributed by atoms with Gasteiger partial charge in [-0.05, 0) is 25.0 Å². The Morgan fingerprint density at radius 3 is 1.83 bits per heavy atom. The summed E-state index contributed by atoms with van der Waals surface area (Å²) >= 11 is 6.15. The van der Waals surface area contributed by atoms with Crippen LogP contribution >= 0.6 is 19.2 Å². The second-order valence-corrected chi connectivity index (χ2v) is 10.4. The highest BCUT2D eigenvalue weighted by Crippen LogP contribution is 2.50. The summed E-state index contributed by atoms with van der Waals surface area (Å²) in [4.78, 5) is 0. The first-order valence-corrected chi connectivity index (χ1v) is 13.9. The molecule has 0 aliphatic heterocycles. The van der Waals surface area contributed by atoms with E-state index in [9.17, 15) is 4.57 Å². The molecule has 1 atom stereocenters. The van der Waals surface area contributed by atoms with Crippen LogP contribution in [0.4, 0.5) is 0 Å². The molecule has 0 aliphatic carbocycles. The van der Waals surface area contributed by atoms with Crippen molar-refractivity contribution in [3.63, 3.8) is 0 Å². The molecule has 1 aromatic carbocycles. The highest BCUT2D eigenvalue weighted by molar-refractivity contribution is 7.54. The molecule has 1 aromatic rings. The van der Waals surface area contributed by atoms with E-state index in [-0.39, 0.29) is 0 Å². The highest BCUT2D eigenvalue weighted by atomic mass is 35.5. The van der Waals surface area contributed by atoms with Gasteiger partial charge in [-0.1, -0.05) is 115 Å². The monoisotopic (exact) mass is 444 g/mol. The maximum Gasteiger partial charge on any atom is 0.379 e. The second kappa shape index (κ2) is 17.2. The first-order valence-electron chi connectivity index (χ1n) is 11.8. The van der Waals surface area contributed by atoms with Crippen LogP contribution in [0.2, 0.25) is 5.02 Å². The third-order valence-corrected chi connectivity index (χ3v) is 7.37. The van der Waals surface area contributed by atoms with Crippen molar-refractivity contribution in [3.05, 3.63) is 29.3 Å². The first kappa shape index (κ1) is 26.5. The molecule has 29 heavy (non-hydrogen) atoms. The zero-order chi connectivity index (χ0) is 21.2. The van der Waals surface area contributed by atoms with Gasteiger partial charge in [0.15, 0.2) is 0 Å². The van der Waals surface area contributed by atoms with Crippen molar-refractivity contribution in [3.8, 4) is 5.75 Å². The number of hydrogen-bond donors (Lipinski definition) is 0. The first-order chi connectivity index (χ1) is 14.1. The maximum absolute atomic E-state index is 13.1. The zero-order valence-corrected chi connectivity index (χ0v) is 20.3. The number of halogens is 1. The summed E-state index contributed by atoms with van der Waals surface area (Å²) in [6.45, 7) is 4.83. The molecule has 168 valence electrons. The van der Waals surface area contributed by atoms with E-state index in [1.807, 2.05) is 12.1 Å². The molecule has 0 radical (unpaired) electrons. The molecular weight excluding hydrogens is 403 g/mol. The van der Waals surface area contributed by atoms with Gasteiger partial charge in [-0.3, -0.25) is 4.52 Å². The fourth-order valence-electron chi connectivity index (χ4n) is 3.30. The van der Waals surface area contributed by atoms with Crippen LogP contribution in [0.15, 0.2) is 24.3 Å². The molecule has 5 heteroatoms. The van der Waals surface area contributed by atoms with Crippen molar-refractivity contribution in [1.29, 1.82) is 0 Å². The maximum atomic E-state index is 13.1. The van der Waals surface area contributed by atoms with E-state index in [0.29, 0.717) is 23.5 Å². The largest absolute Gasteiger partial charge is 0.423 e. The Kier molecular flexibility index (Phi) is 15.7. The fraction of sp³-hybridized carbons (Fsp3) is 0.750. The van der Waals surface area contributed by atoms with E-state index >= 15 is 0 Å².